The van der Waals surface area contributed by atoms with Crippen molar-refractivity contribution in [2.45, 2.75) is 19.3 Å². The zero-order chi connectivity index (χ0) is 12.5. The Balaban J connectivity index is 2.15. The van der Waals surface area contributed by atoms with E-state index in [1.165, 1.54) is 5.56 Å². The molecule has 3 nitrogen and oxygen atoms in total. The summed E-state index contributed by atoms with van der Waals surface area (Å²) in [6.07, 6.45) is 2.25. The van der Waals surface area contributed by atoms with Crippen LogP contribution < -0.4 is 4.90 Å². The normalized spacial score (nSPS) is 18.6. The summed E-state index contributed by atoms with van der Waals surface area (Å²) in [7, 11) is 0. The largest absolute Gasteiger partial charge is 0.274 e. The van der Waals surface area contributed by atoms with Gasteiger partial charge in [-0.15, -0.1) is 0 Å². The number of fused-ring (bicyclic) bond motifs is 1. The van der Waals surface area contributed by atoms with Gasteiger partial charge in [0.15, 0.2) is 0 Å². The van der Waals surface area contributed by atoms with E-state index in [1.54, 1.807) is 11.1 Å². The van der Waals surface area contributed by atoms with Crippen LogP contribution in [0, 0.1) is 0 Å². The van der Waals surface area contributed by atoms with Crippen molar-refractivity contribution >= 4 is 17.4 Å². The van der Waals surface area contributed by atoms with E-state index in [1.807, 2.05) is 36.4 Å². The fourth-order valence-corrected chi connectivity index (χ4v) is 2.44. The van der Waals surface area contributed by atoms with Crippen LogP contribution in [0.15, 0.2) is 48.7 Å². The molecule has 0 radical (unpaired) electrons. The predicted octanol–water partition coefficient (Wildman–Crippen LogP) is 3.25. The highest BCUT2D eigenvalue weighted by Gasteiger charge is 2.29. The topological polar surface area (TPSA) is 33.2 Å². The van der Waals surface area contributed by atoms with Crippen LogP contribution in [-0.4, -0.2) is 10.9 Å². The molecule has 90 valence electrons. The zero-order valence-corrected chi connectivity index (χ0v) is 10.2. The lowest BCUT2D eigenvalue weighted by molar-refractivity contribution is -0.118. The van der Waals surface area contributed by atoms with E-state index >= 15 is 0 Å². The van der Waals surface area contributed by atoms with Gasteiger partial charge in [0.25, 0.3) is 0 Å². The number of hydrogen-bond donors (Lipinski definition) is 0. The van der Waals surface area contributed by atoms with Crippen molar-refractivity contribution in [1.82, 2.24) is 4.98 Å². The molecule has 1 atom stereocenters. The molecule has 18 heavy (non-hydrogen) atoms. The number of rotatable bonds is 1. The predicted molar refractivity (Wildman–Crippen MR) is 70.9 cm³/mol. The Labute approximate surface area is 106 Å². The molecule has 1 amide bonds. The van der Waals surface area contributed by atoms with Gasteiger partial charge in [-0.2, -0.15) is 0 Å². The number of para-hydroxylation sites is 1. The molecule has 0 bridgehead atoms. The Bertz CT molecular complexity index is 580. The SMILES string of the molecule is CC1CC(=O)N(c2ccccn2)c2ccccc21. The lowest BCUT2D eigenvalue weighted by atomic mass is 9.91. The summed E-state index contributed by atoms with van der Waals surface area (Å²) < 4.78 is 0. The van der Waals surface area contributed by atoms with Crippen molar-refractivity contribution in [1.29, 1.82) is 0 Å². The lowest BCUT2D eigenvalue weighted by Gasteiger charge is -2.31. The number of aromatic nitrogens is 1. The summed E-state index contributed by atoms with van der Waals surface area (Å²) in [6, 6.07) is 13.7. The molecule has 2 aromatic rings. The van der Waals surface area contributed by atoms with Gasteiger partial charge in [-0.1, -0.05) is 31.2 Å². The van der Waals surface area contributed by atoms with E-state index in [2.05, 4.69) is 18.0 Å². The Hall–Kier alpha value is -2.16. The minimum Gasteiger partial charge on any atom is -0.274 e. The Morgan fingerprint density at radius 2 is 1.94 bits per heavy atom. The Kier molecular flexibility index (Phi) is 2.59. The van der Waals surface area contributed by atoms with Crippen LogP contribution in [0.25, 0.3) is 0 Å². The molecule has 0 spiro atoms. The number of amides is 1. The van der Waals surface area contributed by atoms with Gasteiger partial charge in [0.05, 0.1) is 5.69 Å². The van der Waals surface area contributed by atoms with Crippen molar-refractivity contribution in [2.24, 2.45) is 0 Å². The maximum absolute atomic E-state index is 12.3. The molecule has 0 saturated heterocycles. The van der Waals surface area contributed by atoms with Crippen LogP contribution in [0.2, 0.25) is 0 Å². The molecule has 1 aromatic heterocycles. The number of nitrogens with zero attached hydrogens (tertiary/aromatic N) is 2. The number of anilines is 2. The fraction of sp³-hybridized carbons (Fsp3) is 0.200. The molecule has 1 unspecified atom stereocenters. The third kappa shape index (κ3) is 1.68. The van der Waals surface area contributed by atoms with Gasteiger partial charge in [0.1, 0.15) is 5.82 Å². The summed E-state index contributed by atoms with van der Waals surface area (Å²) >= 11 is 0. The van der Waals surface area contributed by atoms with Gasteiger partial charge in [-0.3, -0.25) is 9.69 Å². The summed E-state index contributed by atoms with van der Waals surface area (Å²) in [4.78, 5) is 18.3. The van der Waals surface area contributed by atoms with Crippen LogP contribution in [0.1, 0.15) is 24.8 Å². The second kappa shape index (κ2) is 4.26. The number of benzene rings is 1. The smallest absolute Gasteiger partial charge is 0.233 e. The van der Waals surface area contributed by atoms with Crippen molar-refractivity contribution < 1.29 is 4.79 Å². The molecule has 1 aliphatic heterocycles. The van der Waals surface area contributed by atoms with Gasteiger partial charge in [-0.25, -0.2) is 4.98 Å². The third-order valence-corrected chi connectivity index (χ3v) is 3.32. The maximum atomic E-state index is 12.3. The van der Waals surface area contributed by atoms with E-state index in [-0.39, 0.29) is 11.8 Å². The molecule has 3 heteroatoms. The quantitative estimate of drug-likeness (QED) is 0.764. The Morgan fingerprint density at radius 1 is 1.17 bits per heavy atom. The second-order valence-corrected chi connectivity index (χ2v) is 4.58. The molecular weight excluding hydrogens is 224 g/mol. The van der Waals surface area contributed by atoms with E-state index in [0.717, 1.165) is 5.69 Å². The van der Waals surface area contributed by atoms with Crippen LogP contribution in [0.4, 0.5) is 11.5 Å². The number of carbonyl (C=O) groups excluding carboxylic acids is 1. The molecule has 0 saturated carbocycles. The standard InChI is InChI=1S/C15H14N2O/c1-11-10-15(18)17(14-8-4-5-9-16-14)13-7-3-2-6-12(11)13/h2-9,11H,10H2,1H3. The first-order valence-corrected chi connectivity index (χ1v) is 6.10. The molecule has 3 rings (SSSR count). The van der Waals surface area contributed by atoms with Gasteiger partial charge in [-0.05, 0) is 29.7 Å². The van der Waals surface area contributed by atoms with Gasteiger partial charge in [0.2, 0.25) is 5.91 Å². The second-order valence-electron chi connectivity index (χ2n) is 4.58. The van der Waals surface area contributed by atoms with Crippen LogP contribution in [0.5, 0.6) is 0 Å². The highest BCUT2D eigenvalue weighted by atomic mass is 16.2. The third-order valence-electron chi connectivity index (χ3n) is 3.32. The zero-order valence-electron chi connectivity index (χ0n) is 10.2. The monoisotopic (exact) mass is 238 g/mol. The first kappa shape index (κ1) is 11.0. The van der Waals surface area contributed by atoms with Gasteiger partial charge >= 0.3 is 0 Å². The Morgan fingerprint density at radius 3 is 2.72 bits per heavy atom. The van der Waals surface area contributed by atoms with Crippen molar-refractivity contribution in [3.05, 3.63) is 54.2 Å². The lowest BCUT2D eigenvalue weighted by Crippen LogP contribution is -2.32. The highest BCUT2D eigenvalue weighted by Crippen LogP contribution is 2.38. The first-order chi connectivity index (χ1) is 8.77. The maximum Gasteiger partial charge on any atom is 0.233 e. The number of pyridine rings is 1. The number of hydrogen-bond acceptors (Lipinski definition) is 2. The van der Waals surface area contributed by atoms with Crippen LogP contribution in [-0.2, 0) is 4.79 Å². The highest BCUT2D eigenvalue weighted by molar-refractivity contribution is 6.02. The average Bonchev–Trinajstić information content (AvgIpc) is 2.40. The van der Waals surface area contributed by atoms with Crippen LogP contribution in [0.3, 0.4) is 0 Å². The van der Waals surface area contributed by atoms with E-state index in [4.69, 9.17) is 0 Å². The molecule has 1 aliphatic rings. The fourth-order valence-electron chi connectivity index (χ4n) is 2.44. The van der Waals surface area contributed by atoms with E-state index in [0.29, 0.717) is 12.2 Å². The molecule has 0 fully saturated rings. The molecule has 0 N–H and O–H groups in total. The first-order valence-electron chi connectivity index (χ1n) is 6.10. The summed E-state index contributed by atoms with van der Waals surface area (Å²) in [5, 5.41) is 0. The number of carbonyl (C=O) groups is 1. The van der Waals surface area contributed by atoms with E-state index in [9.17, 15) is 4.79 Å². The van der Waals surface area contributed by atoms with Gasteiger partial charge in [0, 0.05) is 12.6 Å². The molecular formula is C15H14N2O. The van der Waals surface area contributed by atoms with Crippen molar-refractivity contribution in [3.8, 4) is 0 Å². The molecule has 1 aromatic carbocycles. The van der Waals surface area contributed by atoms with Crippen molar-refractivity contribution in [3.63, 3.8) is 0 Å². The van der Waals surface area contributed by atoms with Crippen molar-refractivity contribution in [2.75, 3.05) is 4.90 Å². The molecule has 2 heterocycles. The minimum absolute atomic E-state index is 0.111. The minimum atomic E-state index is 0.111. The summed E-state index contributed by atoms with van der Waals surface area (Å²) in [6.45, 7) is 2.09. The summed E-state index contributed by atoms with van der Waals surface area (Å²) in [5.41, 5.74) is 2.17. The van der Waals surface area contributed by atoms with Crippen LogP contribution >= 0.6 is 0 Å². The van der Waals surface area contributed by atoms with E-state index < -0.39 is 0 Å². The summed E-state index contributed by atoms with van der Waals surface area (Å²) in [5.74, 6) is 1.08. The molecule has 0 aliphatic carbocycles. The average molecular weight is 238 g/mol. The van der Waals surface area contributed by atoms with Gasteiger partial charge < -0.3 is 0 Å².